The topological polar surface area (TPSA) is 151 Å². The smallest absolute Gasteiger partial charge is 0.286 e. The van der Waals surface area contributed by atoms with Crippen LogP contribution in [0.4, 0.5) is 5.69 Å². The molecule has 0 radical (unpaired) electrons. The minimum atomic E-state index is -4.25. The van der Waals surface area contributed by atoms with Crippen LogP contribution in [0.15, 0.2) is 41.3 Å². The number of carbonyl (C=O) groups is 1. The Morgan fingerprint density at radius 2 is 1.70 bits per heavy atom. The first-order valence-electron chi connectivity index (χ1n) is 7.50. The molecule has 0 fully saturated rings. The monoisotopic (exact) mass is 395 g/mol. The summed E-state index contributed by atoms with van der Waals surface area (Å²) in [5.74, 6) is -1.11. The van der Waals surface area contributed by atoms with E-state index in [0.717, 1.165) is 12.1 Å². The lowest BCUT2D eigenvalue weighted by Crippen LogP contribution is -2.31. The van der Waals surface area contributed by atoms with Gasteiger partial charge in [-0.3, -0.25) is 14.9 Å². The fourth-order valence-electron chi connectivity index (χ4n) is 2.24. The zero-order valence-corrected chi connectivity index (χ0v) is 15.3. The minimum absolute atomic E-state index is 0.0287. The Labute approximate surface area is 155 Å². The number of hydrogen-bond acceptors (Lipinski definition) is 8. The molecule has 2 aromatic carbocycles. The lowest BCUT2D eigenvalue weighted by molar-refractivity contribution is -0.385. The van der Waals surface area contributed by atoms with Crippen LogP contribution in [0.3, 0.4) is 0 Å². The van der Waals surface area contributed by atoms with Gasteiger partial charge in [-0.25, -0.2) is 13.1 Å². The maximum Gasteiger partial charge on any atom is 0.286 e. The second-order valence-electron chi connectivity index (χ2n) is 5.26. The van der Waals surface area contributed by atoms with Crippen LogP contribution in [0.1, 0.15) is 15.9 Å². The van der Waals surface area contributed by atoms with Crippen molar-refractivity contribution in [3.8, 4) is 11.5 Å². The number of carbonyl (C=O) groups excluding carboxylic acids is 1. The van der Waals surface area contributed by atoms with Crippen molar-refractivity contribution in [2.45, 2.75) is 11.4 Å². The van der Waals surface area contributed by atoms with E-state index in [-0.39, 0.29) is 22.9 Å². The molecule has 0 atom stereocenters. The highest BCUT2D eigenvalue weighted by atomic mass is 32.2. The number of hydrogen-bond donors (Lipinski definition) is 2. The first-order valence-corrected chi connectivity index (χ1v) is 8.98. The molecule has 27 heavy (non-hydrogen) atoms. The van der Waals surface area contributed by atoms with Gasteiger partial charge in [0, 0.05) is 12.6 Å². The maximum absolute atomic E-state index is 12.4. The first kappa shape index (κ1) is 20.1. The average Bonchev–Trinajstić information content (AvgIpc) is 2.66. The zero-order chi connectivity index (χ0) is 20.2. The molecule has 144 valence electrons. The van der Waals surface area contributed by atoms with Gasteiger partial charge >= 0.3 is 0 Å². The summed E-state index contributed by atoms with van der Waals surface area (Å²) in [4.78, 5) is 22.7. The van der Waals surface area contributed by atoms with E-state index in [2.05, 4.69) is 0 Å². The van der Waals surface area contributed by atoms with E-state index < -0.39 is 32.1 Å². The zero-order valence-electron chi connectivity index (χ0n) is 14.5. The van der Waals surface area contributed by atoms with Crippen molar-refractivity contribution in [3.63, 3.8) is 0 Å². The molecule has 0 heterocycles. The number of rotatable bonds is 7. The summed E-state index contributed by atoms with van der Waals surface area (Å²) in [6.45, 7) is 0.227. The minimum Gasteiger partial charge on any atom is -0.493 e. The van der Waals surface area contributed by atoms with Crippen molar-refractivity contribution >= 4 is 21.6 Å². The Morgan fingerprint density at radius 3 is 2.19 bits per heavy atom. The second-order valence-corrected chi connectivity index (χ2v) is 6.95. The van der Waals surface area contributed by atoms with Crippen molar-refractivity contribution in [2.24, 2.45) is 5.73 Å². The molecule has 0 saturated carbocycles. The van der Waals surface area contributed by atoms with E-state index in [4.69, 9.17) is 15.2 Å². The van der Waals surface area contributed by atoms with Crippen molar-refractivity contribution in [1.29, 1.82) is 0 Å². The molecule has 0 bridgehead atoms. The third-order valence-corrected chi connectivity index (χ3v) is 4.99. The lowest BCUT2D eigenvalue weighted by atomic mass is 10.1. The molecule has 0 aromatic heterocycles. The van der Waals surface area contributed by atoms with Gasteiger partial charge in [-0.05, 0) is 17.7 Å². The van der Waals surface area contributed by atoms with Crippen LogP contribution < -0.4 is 19.9 Å². The highest BCUT2D eigenvalue weighted by Gasteiger charge is 2.28. The van der Waals surface area contributed by atoms with Gasteiger partial charge in [-0.15, -0.1) is 0 Å². The number of benzene rings is 2. The van der Waals surface area contributed by atoms with E-state index in [9.17, 15) is 23.3 Å². The predicted molar refractivity (Wildman–Crippen MR) is 95.2 cm³/mol. The molecule has 0 aliphatic rings. The lowest BCUT2D eigenvalue weighted by Gasteiger charge is -2.11. The van der Waals surface area contributed by atoms with E-state index in [0.29, 0.717) is 5.56 Å². The number of nitrogens with zero attached hydrogens (tertiary/aromatic N) is 1. The summed E-state index contributed by atoms with van der Waals surface area (Å²) in [5, 5.41) is 11.3. The SMILES string of the molecule is COc1cc(C(=O)NS(=O)(=O)c2ccc(CN)cc2)c([N+](=O)[O-])cc1OC. The number of nitrogens with two attached hydrogens (primary N) is 1. The van der Waals surface area contributed by atoms with E-state index >= 15 is 0 Å². The molecule has 3 N–H and O–H groups in total. The van der Waals surface area contributed by atoms with Crippen LogP contribution in [0, 0.1) is 10.1 Å². The van der Waals surface area contributed by atoms with Crippen molar-refractivity contribution in [1.82, 2.24) is 4.72 Å². The van der Waals surface area contributed by atoms with Gasteiger partial charge in [-0.2, -0.15) is 0 Å². The average molecular weight is 395 g/mol. The molecule has 0 aliphatic heterocycles. The Balaban J connectivity index is 2.42. The summed E-state index contributed by atoms with van der Waals surface area (Å²) in [7, 11) is -1.69. The summed E-state index contributed by atoms with van der Waals surface area (Å²) < 4.78 is 36.6. The third-order valence-electron chi connectivity index (χ3n) is 3.64. The number of methoxy groups -OCH3 is 2. The Bertz CT molecular complexity index is 972. The van der Waals surface area contributed by atoms with Gasteiger partial charge in [-0.1, -0.05) is 12.1 Å². The van der Waals surface area contributed by atoms with Crippen molar-refractivity contribution < 1.29 is 27.6 Å². The van der Waals surface area contributed by atoms with Crippen LogP contribution >= 0.6 is 0 Å². The molecule has 0 aliphatic carbocycles. The molecule has 0 unspecified atom stereocenters. The van der Waals surface area contributed by atoms with E-state index in [1.165, 1.54) is 38.5 Å². The largest absolute Gasteiger partial charge is 0.493 e. The van der Waals surface area contributed by atoms with Crippen LogP contribution in [-0.2, 0) is 16.6 Å². The van der Waals surface area contributed by atoms with Gasteiger partial charge in [0.25, 0.3) is 21.6 Å². The maximum atomic E-state index is 12.4. The standard InChI is InChI=1S/C16H17N3O7S/c1-25-14-7-12(13(19(21)22)8-15(14)26-2)16(20)18-27(23,24)11-5-3-10(9-17)4-6-11/h3-8H,9,17H2,1-2H3,(H,18,20). The van der Waals surface area contributed by atoms with Gasteiger partial charge < -0.3 is 15.2 Å². The number of nitrogens with one attached hydrogen (secondary N) is 1. The Morgan fingerprint density at radius 1 is 1.15 bits per heavy atom. The molecule has 1 amide bonds. The third kappa shape index (κ3) is 4.33. The van der Waals surface area contributed by atoms with Crippen molar-refractivity contribution in [3.05, 3.63) is 57.6 Å². The molecular formula is C16H17N3O7S. The number of nitro groups is 1. The van der Waals surface area contributed by atoms with Gasteiger partial charge in [0.2, 0.25) is 0 Å². The van der Waals surface area contributed by atoms with E-state index in [1.807, 2.05) is 4.72 Å². The predicted octanol–water partition coefficient (Wildman–Crippen LogP) is 1.19. The normalized spacial score (nSPS) is 10.9. The van der Waals surface area contributed by atoms with Crippen LogP contribution in [0.5, 0.6) is 11.5 Å². The van der Waals surface area contributed by atoms with Gasteiger partial charge in [0.05, 0.1) is 30.1 Å². The molecule has 0 spiro atoms. The van der Waals surface area contributed by atoms with Crippen molar-refractivity contribution in [2.75, 3.05) is 14.2 Å². The molecule has 2 aromatic rings. The highest BCUT2D eigenvalue weighted by Crippen LogP contribution is 2.34. The summed E-state index contributed by atoms with van der Waals surface area (Å²) in [6.07, 6.45) is 0. The summed E-state index contributed by atoms with van der Waals surface area (Å²) in [5.41, 5.74) is 5.05. The van der Waals surface area contributed by atoms with Crippen LogP contribution in [-0.4, -0.2) is 33.5 Å². The fourth-order valence-corrected chi connectivity index (χ4v) is 3.21. The quantitative estimate of drug-likeness (QED) is 0.524. The van der Waals surface area contributed by atoms with Gasteiger partial charge in [0.1, 0.15) is 5.56 Å². The number of amides is 1. The highest BCUT2D eigenvalue weighted by molar-refractivity contribution is 7.90. The van der Waals surface area contributed by atoms with Crippen LogP contribution in [0.2, 0.25) is 0 Å². The first-order chi connectivity index (χ1) is 12.7. The molecule has 11 heteroatoms. The molecule has 0 saturated heterocycles. The fraction of sp³-hybridized carbons (Fsp3) is 0.188. The molecule has 2 rings (SSSR count). The Hall–Kier alpha value is -3.18. The van der Waals surface area contributed by atoms with Crippen LogP contribution in [0.25, 0.3) is 0 Å². The number of ether oxygens (including phenoxy) is 2. The Kier molecular flexibility index (Phi) is 5.98. The summed E-state index contributed by atoms with van der Waals surface area (Å²) in [6, 6.07) is 7.58. The van der Waals surface area contributed by atoms with Gasteiger partial charge in [0.15, 0.2) is 11.5 Å². The van der Waals surface area contributed by atoms with E-state index in [1.54, 1.807) is 0 Å². The second kappa shape index (κ2) is 8.01. The molecular weight excluding hydrogens is 378 g/mol. The molecule has 10 nitrogen and oxygen atoms in total. The number of sulfonamides is 1. The number of nitro benzene ring substituents is 1. The summed E-state index contributed by atoms with van der Waals surface area (Å²) >= 11 is 0.